The zero-order chi connectivity index (χ0) is 21.1. The predicted molar refractivity (Wildman–Crippen MR) is 107 cm³/mol. The van der Waals surface area contributed by atoms with E-state index in [1.165, 1.54) is 38.4 Å². The summed E-state index contributed by atoms with van der Waals surface area (Å²) in [5.41, 5.74) is 0.340. The van der Waals surface area contributed by atoms with Crippen LogP contribution in [0.2, 0.25) is 0 Å². The number of carbonyl (C=O) groups is 1. The monoisotopic (exact) mass is 407 g/mol. The first-order chi connectivity index (χ1) is 13.0. The van der Waals surface area contributed by atoms with Gasteiger partial charge < -0.3 is 15.1 Å². The van der Waals surface area contributed by atoms with Gasteiger partial charge in [-0.25, -0.2) is 12.7 Å². The van der Waals surface area contributed by atoms with Crippen molar-refractivity contribution in [3.63, 3.8) is 0 Å². The number of carbonyl (C=O) groups excluding carboxylic acids is 1. The highest BCUT2D eigenvalue weighted by Crippen LogP contribution is 2.14. The molecule has 28 heavy (non-hydrogen) atoms. The van der Waals surface area contributed by atoms with Crippen molar-refractivity contribution >= 4 is 27.8 Å². The molecule has 0 atom stereocenters. The summed E-state index contributed by atoms with van der Waals surface area (Å²) in [5, 5.41) is 2.74. The first-order valence-electron chi connectivity index (χ1n) is 8.42. The first kappa shape index (κ1) is 21.5. The maximum atomic E-state index is 12.4. The molecule has 0 fully saturated rings. The van der Waals surface area contributed by atoms with Crippen molar-refractivity contribution in [3.8, 4) is 0 Å². The van der Waals surface area contributed by atoms with Crippen molar-refractivity contribution in [2.24, 2.45) is 0 Å². The Morgan fingerprint density at radius 3 is 1.82 bits per heavy atom. The number of nitrogens with zero attached hydrogens (tertiary/aromatic N) is 6. The van der Waals surface area contributed by atoms with Crippen molar-refractivity contribution < 1.29 is 13.2 Å². The van der Waals surface area contributed by atoms with E-state index in [2.05, 4.69) is 20.3 Å². The molecular formula is C17H25N7O3S. The number of nitrogens with one attached hydrogen (secondary N) is 1. The van der Waals surface area contributed by atoms with Crippen LogP contribution < -0.4 is 15.1 Å². The van der Waals surface area contributed by atoms with Crippen LogP contribution in [0.15, 0.2) is 29.2 Å². The van der Waals surface area contributed by atoms with Gasteiger partial charge in [-0.2, -0.15) is 15.0 Å². The van der Waals surface area contributed by atoms with Gasteiger partial charge in [-0.1, -0.05) is 0 Å². The number of hydrogen-bond acceptors (Lipinski definition) is 8. The average Bonchev–Trinajstić information content (AvgIpc) is 2.65. The third-order valence-electron chi connectivity index (χ3n) is 3.76. The molecule has 11 heteroatoms. The zero-order valence-electron chi connectivity index (χ0n) is 16.8. The van der Waals surface area contributed by atoms with Crippen LogP contribution in [0.4, 0.5) is 11.9 Å². The van der Waals surface area contributed by atoms with E-state index in [9.17, 15) is 13.2 Å². The molecule has 1 aromatic carbocycles. The van der Waals surface area contributed by atoms with Crippen LogP contribution in [-0.2, 0) is 16.6 Å². The lowest BCUT2D eigenvalue weighted by Crippen LogP contribution is -2.26. The molecule has 0 aliphatic heterocycles. The average molecular weight is 408 g/mol. The molecular weight excluding hydrogens is 382 g/mol. The summed E-state index contributed by atoms with van der Waals surface area (Å²) in [4.78, 5) is 29.0. The Balaban J connectivity index is 2.14. The van der Waals surface area contributed by atoms with E-state index < -0.39 is 10.0 Å². The molecule has 0 radical (unpaired) electrons. The van der Waals surface area contributed by atoms with Gasteiger partial charge in [0.15, 0.2) is 5.82 Å². The van der Waals surface area contributed by atoms with Gasteiger partial charge in [0.2, 0.25) is 21.9 Å². The van der Waals surface area contributed by atoms with E-state index in [-0.39, 0.29) is 17.3 Å². The largest absolute Gasteiger partial charge is 0.347 e. The van der Waals surface area contributed by atoms with E-state index in [1.54, 1.807) is 9.80 Å². The first-order valence-corrected chi connectivity index (χ1v) is 9.86. The molecule has 1 heterocycles. The molecule has 1 amide bonds. The van der Waals surface area contributed by atoms with Gasteiger partial charge in [0.1, 0.15) is 0 Å². The summed E-state index contributed by atoms with van der Waals surface area (Å²) in [6, 6.07) is 5.74. The Morgan fingerprint density at radius 2 is 1.39 bits per heavy atom. The van der Waals surface area contributed by atoms with Crippen molar-refractivity contribution in [2.45, 2.75) is 11.4 Å². The molecule has 0 aliphatic rings. The maximum absolute atomic E-state index is 12.4. The molecule has 0 aliphatic carbocycles. The smallest absolute Gasteiger partial charge is 0.251 e. The molecule has 1 aromatic heterocycles. The number of benzene rings is 1. The van der Waals surface area contributed by atoms with Crippen molar-refractivity contribution in [3.05, 3.63) is 35.7 Å². The standard InChI is InChI=1S/C17H25N7O3S/c1-22(2)16-19-14(20-17(21-16)23(3)4)11-18-15(25)12-7-9-13(10-8-12)28(26,27)24(5)6/h7-10H,11H2,1-6H3,(H,18,25). The maximum Gasteiger partial charge on any atom is 0.251 e. The lowest BCUT2D eigenvalue weighted by Gasteiger charge is -2.16. The van der Waals surface area contributed by atoms with Crippen molar-refractivity contribution in [1.82, 2.24) is 24.6 Å². The highest BCUT2D eigenvalue weighted by atomic mass is 32.2. The van der Waals surface area contributed by atoms with Crippen LogP contribution in [0.5, 0.6) is 0 Å². The zero-order valence-corrected chi connectivity index (χ0v) is 17.6. The quantitative estimate of drug-likeness (QED) is 0.692. The second kappa shape index (κ2) is 8.48. The van der Waals surface area contributed by atoms with Gasteiger partial charge in [-0.05, 0) is 24.3 Å². The van der Waals surface area contributed by atoms with Crippen LogP contribution in [0.1, 0.15) is 16.2 Å². The minimum atomic E-state index is -3.54. The number of hydrogen-bond donors (Lipinski definition) is 1. The van der Waals surface area contributed by atoms with Gasteiger partial charge >= 0.3 is 0 Å². The second-order valence-corrected chi connectivity index (χ2v) is 8.79. The van der Waals surface area contributed by atoms with Gasteiger partial charge in [-0.15, -0.1) is 0 Å². The number of amides is 1. The van der Waals surface area contributed by atoms with Gasteiger partial charge in [-0.3, -0.25) is 4.79 Å². The number of rotatable bonds is 7. The fourth-order valence-corrected chi connectivity index (χ4v) is 3.03. The lowest BCUT2D eigenvalue weighted by molar-refractivity contribution is 0.0949. The van der Waals surface area contributed by atoms with Gasteiger partial charge in [0, 0.05) is 47.8 Å². The summed E-state index contributed by atoms with van der Waals surface area (Å²) in [7, 11) is 6.65. The highest BCUT2D eigenvalue weighted by Gasteiger charge is 2.18. The van der Waals surface area contributed by atoms with E-state index in [0.29, 0.717) is 23.3 Å². The second-order valence-electron chi connectivity index (χ2n) is 6.63. The summed E-state index contributed by atoms with van der Waals surface area (Å²) in [6.07, 6.45) is 0. The van der Waals surface area contributed by atoms with Crippen molar-refractivity contribution in [2.75, 3.05) is 52.1 Å². The molecule has 0 bridgehead atoms. The molecule has 10 nitrogen and oxygen atoms in total. The molecule has 0 saturated carbocycles. The van der Waals surface area contributed by atoms with Crippen LogP contribution in [0.25, 0.3) is 0 Å². The third-order valence-corrected chi connectivity index (χ3v) is 5.59. The molecule has 1 N–H and O–H groups in total. The summed E-state index contributed by atoms with van der Waals surface area (Å²) >= 11 is 0. The molecule has 2 aromatic rings. The minimum absolute atomic E-state index is 0.112. The SMILES string of the molecule is CN(C)c1nc(CNC(=O)c2ccc(S(=O)(=O)N(C)C)cc2)nc(N(C)C)n1. The number of aromatic nitrogens is 3. The van der Waals surface area contributed by atoms with E-state index in [4.69, 9.17) is 0 Å². The molecule has 0 unspecified atom stereocenters. The fourth-order valence-electron chi connectivity index (χ4n) is 2.12. The fraction of sp³-hybridized carbons (Fsp3) is 0.412. The topological polar surface area (TPSA) is 112 Å². The summed E-state index contributed by atoms with van der Waals surface area (Å²) in [6.45, 7) is 0.112. The molecule has 2 rings (SSSR count). The Morgan fingerprint density at radius 1 is 0.893 bits per heavy atom. The third kappa shape index (κ3) is 4.93. The Kier molecular flexibility index (Phi) is 6.52. The lowest BCUT2D eigenvalue weighted by atomic mass is 10.2. The van der Waals surface area contributed by atoms with E-state index in [0.717, 1.165) is 4.31 Å². The normalized spacial score (nSPS) is 11.4. The van der Waals surface area contributed by atoms with Crippen LogP contribution in [0, 0.1) is 0 Å². The van der Waals surface area contributed by atoms with Crippen LogP contribution >= 0.6 is 0 Å². The molecule has 0 spiro atoms. The van der Waals surface area contributed by atoms with Crippen molar-refractivity contribution in [1.29, 1.82) is 0 Å². The van der Waals surface area contributed by atoms with Gasteiger partial charge in [0.25, 0.3) is 5.91 Å². The Hall–Kier alpha value is -2.79. The Bertz CT molecular complexity index is 915. The minimum Gasteiger partial charge on any atom is -0.347 e. The van der Waals surface area contributed by atoms with Gasteiger partial charge in [0.05, 0.1) is 11.4 Å². The molecule has 152 valence electrons. The molecule has 0 saturated heterocycles. The Labute approximate surface area is 165 Å². The van der Waals surface area contributed by atoms with E-state index >= 15 is 0 Å². The number of anilines is 2. The van der Waals surface area contributed by atoms with Crippen LogP contribution in [-0.4, -0.2) is 75.9 Å². The highest BCUT2D eigenvalue weighted by molar-refractivity contribution is 7.89. The predicted octanol–water partition coefficient (Wildman–Crippen LogP) is 0.184. The summed E-state index contributed by atoms with van der Waals surface area (Å²) < 4.78 is 25.3. The van der Waals surface area contributed by atoms with Crippen LogP contribution in [0.3, 0.4) is 0 Å². The number of sulfonamides is 1. The summed E-state index contributed by atoms with van der Waals surface area (Å²) in [5.74, 6) is 1.04. The van der Waals surface area contributed by atoms with E-state index in [1.807, 2.05) is 28.2 Å².